The molecule has 4 nitrogen and oxygen atoms in total. The van der Waals surface area contributed by atoms with Gasteiger partial charge in [-0.05, 0) is 12.8 Å². The van der Waals surface area contributed by atoms with E-state index in [9.17, 15) is 0 Å². The highest BCUT2D eigenvalue weighted by molar-refractivity contribution is 5.43. The number of nitrogens with one attached hydrogen (secondary N) is 2. The molecule has 0 fully saturated rings. The molecule has 4 heteroatoms. The zero-order valence-corrected chi connectivity index (χ0v) is 6.35. The van der Waals surface area contributed by atoms with E-state index < -0.39 is 0 Å². The van der Waals surface area contributed by atoms with Gasteiger partial charge in [-0.1, -0.05) is 0 Å². The van der Waals surface area contributed by atoms with E-state index in [1.54, 1.807) is 0 Å². The molecule has 4 N–H and O–H groups in total. The standard InChI is InChI=1S/C7H12N4/c8-4-6-10-5-2-1-3-9-7(5)11-6/h9H,1-4,8H2,(H,10,11). The van der Waals surface area contributed by atoms with E-state index in [0.717, 1.165) is 24.6 Å². The van der Waals surface area contributed by atoms with E-state index in [1.807, 2.05) is 0 Å². The lowest BCUT2D eigenvalue weighted by molar-refractivity contribution is 0.806. The minimum absolute atomic E-state index is 0.495. The molecule has 0 bridgehead atoms. The molecule has 60 valence electrons. The van der Waals surface area contributed by atoms with Crippen molar-refractivity contribution in [1.29, 1.82) is 0 Å². The zero-order chi connectivity index (χ0) is 7.68. The molecule has 1 aromatic heterocycles. The molecule has 0 aromatic carbocycles. The monoisotopic (exact) mass is 152 g/mol. The third kappa shape index (κ3) is 1.09. The molecule has 1 aliphatic rings. The number of imidazole rings is 1. The van der Waals surface area contributed by atoms with Crippen LogP contribution in [0.4, 0.5) is 5.82 Å². The maximum atomic E-state index is 5.44. The Balaban J connectivity index is 2.32. The fourth-order valence-electron chi connectivity index (χ4n) is 1.36. The van der Waals surface area contributed by atoms with Crippen molar-refractivity contribution in [1.82, 2.24) is 9.97 Å². The molecule has 0 spiro atoms. The lowest BCUT2D eigenvalue weighted by Gasteiger charge is -2.10. The Bertz CT molecular complexity index is 229. The Hall–Kier alpha value is -1.03. The molecular formula is C7H12N4. The number of nitrogens with zero attached hydrogens (tertiary/aromatic N) is 1. The molecule has 0 aliphatic carbocycles. The van der Waals surface area contributed by atoms with Crippen molar-refractivity contribution in [3.8, 4) is 0 Å². The highest BCUT2D eigenvalue weighted by Crippen LogP contribution is 2.17. The number of anilines is 1. The normalized spacial score (nSPS) is 15.7. The van der Waals surface area contributed by atoms with Crippen molar-refractivity contribution in [2.75, 3.05) is 11.9 Å². The Morgan fingerprint density at radius 1 is 1.55 bits per heavy atom. The van der Waals surface area contributed by atoms with Crippen molar-refractivity contribution < 1.29 is 0 Å². The first kappa shape index (κ1) is 6.67. The van der Waals surface area contributed by atoms with Gasteiger partial charge < -0.3 is 16.0 Å². The number of nitrogens with two attached hydrogens (primary N) is 1. The summed E-state index contributed by atoms with van der Waals surface area (Å²) in [6.07, 6.45) is 2.27. The number of hydrogen-bond acceptors (Lipinski definition) is 3. The van der Waals surface area contributed by atoms with Crippen LogP contribution in [0.25, 0.3) is 0 Å². The van der Waals surface area contributed by atoms with Gasteiger partial charge in [-0.25, -0.2) is 4.98 Å². The number of hydrogen-bond donors (Lipinski definition) is 3. The van der Waals surface area contributed by atoms with Crippen LogP contribution < -0.4 is 11.1 Å². The molecule has 11 heavy (non-hydrogen) atoms. The first-order chi connectivity index (χ1) is 5.40. The Kier molecular flexibility index (Phi) is 1.54. The zero-order valence-electron chi connectivity index (χ0n) is 6.35. The molecule has 0 saturated heterocycles. The van der Waals surface area contributed by atoms with E-state index in [-0.39, 0.29) is 0 Å². The summed E-state index contributed by atoms with van der Waals surface area (Å²) < 4.78 is 0. The van der Waals surface area contributed by atoms with E-state index in [1.165, 1.54) is 12.1 Å². The molecule has 0 radical (unpaired) electrons. The van der Waals surface area contributed by atoms with Crippen LogP contribution in [0.3, 0.4) is 0 Å². The summed E-state index contributed by atoms with van der Waals surface area (Å²) in [6.45, 7) is 1.52. The number of H-pyrrole nitrogens is 1. The van der Waals surface area contributed by atoms with Crippen LogP contribution in [-0.2, 0) is 13.0 Å². The topological polar surface area (TPSA) is 66.7 Å². The Labute approximate surface area is 65.2 Å². The lowest BCUT2D eigenvalue weighted by atomic mass is 10.2. The first-order valence-corrected chi connectivity index (χ1v) is 3.92. The van der Waals surface area contributed by atoms with Crippen molar-refractivity contribution >= 4 is 5.82 Å². The average Bonchev–Trinajstić information content (AvgIpc) is 2.46. The van der Waals surface area contributed by atoms with Crippen molar-refractivity contribution in [2.24, 2.45) is 5.73 Å². The lowest BCUT2D eigenvalue weighted by Crippen LogP contribution is -2.10. The minimum Gasteiger partial charge on any atom is -0.369 e. The summed E-state index contributed by atoms with van der Waals surface area (Å²) in [5, 5.41) is 3.22. The molecule has 2 heterocycles. The number of aromatic amines is 1. The summed E-state index contributed by atoms with van der Waals surface area (Å²) in [6, 6.07) is 0. The van der Waals surface area contributed by atoms with E-state index in [0.29, 0.717) is 6.54 Å². The fraction of sp³-hybridized carbons (Fsp3) is 0.571. The van der Waals surface area contributed by atoms with Gasteiger partial charge in [0.1, 0.15) is 11.6 Å². The smallest absolute Gasteiger partial charge is 0.147 e. The molecule has 2 rings (SSSR count). The molecule has 0 amide bonds. The van der Waals surface area contributed by atoms with Crippen LogP contribution in [0.1, 0.15) is 17.9 Å². The number of rotatable bonds is 1. The molecule has 0 atom stereocenters. The van der Waals surface area contributed by atoms with Gasteiger partial charge in [-0.15, -0.1) is 0 Å². The van der Waals surface area contributed by atoms with Crippen LogP contribution in [0, 0.1) is 0 Å². The van der Waals surface area contributed by atoms with Gasteiger partial charge in [-0.3, -0.25) is 0 Å². The summed E-state index contributed by atoms with van der Waals surface area (Å²) in [4.78, 5) is 7.46. The maximum Gasteiger partial charge on any atom is 0.147 e. The van der Waals surface area contributed by atoms with Crippen molar-refractivity contribution in [3.05, 3.63) is 11.5 Å². The van der Waals surface area contributed by atoms with Crippen LogP contribution in [0.15, 0.2) is 0 Å². The second-order valence-electron chi connectivity index (χ2n) is 2.75. The molecule has 1 aliphatic heterocycles. The highest BCUT2D eigenvalue weighted by atomic mass is 15.1. The molecule has 0 unspecified atom stereocenters. The average molecular weight is 152 g/mol. The van der Waals surface area contributed by atoms with Gasteiger partial charge in [0.2, 0.25) is 0 Å². The van der Waals surface area contributed by atoms with Crippen molar-refractivity contribution in [2.45, 2.75) is 19.4 Å². The minimum atomic E-state index is 0.495. The third-order valence-corrected chi connectivity index (χ3v) is 1.92. The van der Waals surface area contributed by atoms with Crippen LogP contribution >= 0.6 is 0 Å². The quantitative estimate of drug-likeness (QED) is 0.539. The third-order valence-electron chi connectivity index (χ3n) is 1.92. The second-order valence-corrected chi connectivity index (χ2v) is 2.75. The summed E-state index contributed by atoms with van der Waals surface area (Å²) in [5.74, 6) is 1.88. The van der Waals surface area contributed by atoms with E-state index in [2.05, 4.69) is 15.3 Å². The molecule has 1 aromatic rings. The maximum absolute atomic E-state index is 5.44. The fourth-order valence-corrected chi connectivity index (χ4v) is 1.36. The second kappa shape index (κ2) is 2.54. The first-order valence-electron chi connectivity index (χ1n) is 3.92. The number of fused-ring (bicyclic) bond motifs is 1. The van der Waals surface area contributed by atoms with Gasteiger partial charge in [0.05, 0.1) is 12.2 Å². The van der Waals surface area contributed by atoms with Gasteiger partial charge in [-0.2, -0.15) is 0 Å². The highest BCUT2D eigenvalue weighted by Gasteiger charge is 2.12. The van der Waals surface area contributed by atoms with E-state index >= 15 is 0 Å². The molecule has 0 saturated carbocycles. The van der Waals surface area contributed by atoms with Gasteiger partial charge in [0.25, 0.3) is 0 Å². The summed E-state index contributed by atoms with van der Waals surface area (Å²) >= 11 is 0. The number of aromatic nitrogens is 2. The van der Waals surface area contributed by atoms with Gasteiger partial charge in [0, 0.05) is 6.54 Å². The van der Waals surface area contributed by atoms with Gasteiger partial charge >= 0.3 is 0 Å². The van der Waals surface area contributed by atoms with Crippen molar-refractivity contribution in [3.63, 3.8) is 0 Å². The summed E-state index contributed by atoms with van der Waals surface area (Å²) in [5.41, 5.74) is 6.65. The number of aryl methyl sites for hydroxylation is 1. The summed E-state index contributed by atoms with van der Waals surface area (Å²) in [7, 11) is 0. The van der Waals surface area contributed by atoms with E-state index in [4.69, 9.17) is 5.73 Å². The van der Waals surface area contributed by atoms with Gasteiger partial charge in [0.15, 0.2) is 0 Å². The van der Waals surface area contributed by atoms with Crippen LogP contribution in [-0.4, -0.2) is 16.5 Å². The van der Waals surface area contributed by atoms with Crippen LogP contribution in [0.2, 0.25) is 0 Å². The van der Waals surface area contributed by atoms with Crippen LogP contribution in [0.5, 0.6) is 0 Å². The largest absolute Gasteiger partial charge is 0.369 e. The predicted molar refractivity (Wildman–Crippen MR) is 43.3 cm³/mol. The predicted octanol–water partition coefficient (Wildman–Crippen LogP) is 0.226. The Morgan fingerprint density at radius 3 is 3.18 bits per heavy atom. The Morgan fingerprint density at radius 2 is 2.45 bits per heavy atom. The molecular weight excluding hydrogens is 140 g/mol. The SMILES string of the molecule is NCc1nc2c([nH]1)CCCN2.